The summed E-state index contributed by atoms with van der Waals surface area (Å²) in [5.41, 5.74) is 3.31. The average molecular weight is 355 g/mol. The van der Waals surface area contributed by atoms with Crippen LogP contribution < -0.4 is 0 Å². The van der Waals surface area contributed by atoms with E-state index in [2.05, 4.69) is 27.8 Å². The van der Waals surface area contributed by atoms with E-state index in [0.717, 1.165) is 57.7 Å². The molecule has 26 heavy (non-hydrogen) atoms. The fraction of sp³-hybridized carbons (Fsp3) is 0.571. The fourth-order valence-corrected chi connectivity index (χ4v) is 3.84. The smallest absolute Gasteiger partial charge is 0.101 e. The van der Waals surface area contributed by atoms with Crippen LogP contribution >= 0.6 is 0 Å². The third-order valence-corrected chi connectivity index (χ3v) is 5.67. The summed E-state index contributed by atoms with van der Waals surface area (Å²) in [4.78, 5) is 2.44. The number of fused-ring (bicyclic) bond motifs is 1. The zero-order valence-electron chi connectivity index (χ0n) is 15.4. The van der Waals surface area contributed by atoms with Crippen molar-refractivity contribution in [3.63, 3.8) is 0 Å². The first-order valence-electron chi connectivity index (χ1n) is 9.88. The van der Waals surface area contributed by atoms with Crippen LogP contribution in [0, 0.1) is 5.92 Å². The molecule has 1 aromatic heterocycles. The van der Waals surface area contributed by atoms with E-state index >= 15 is 0 Å². The van der Waals surface area contributed by atoms with Gasteiger partial charge in [0.25, 0.3) is 0 Å². The minimum atomic E-state index is -0.383. The van der Waals surface area contributed by atoms with Gasteiger partial charge in [-0.1, -0.05) is 36.8 Å². The molecule has 2 heterocycles. The molecule has 1 aromatic carbocycles. The van der Waals surface area contributed by atoms with Crippen LogP contribution in [0.1, 0.15) is 48.7 Å². The summed E-state index contributed by atoms with van der Waals surface area (Å²) in [7, 11) is 0. The van der Waals surface area contributed by atoms with E-state index in [9.17, 15) is 5.11 Å². The van der Waals surface area contributed by atoms with E-state index in [0.29, 0.717) is 12.5 Å². The van der Waals surface area contributed by atoms with Crippen molar-refractivity contribution < 1.29 is 9.84 Å². The first-order valence-corrected chi connectivity index (χ1v) is 9.88. The van der Waals surface area contributed by atoms with Gasteiger partial charge in [-0.3, -0.25) is 9.58 Å². The van der Waals surface area contributed by atoms with Crippen LogP contribution in [-0.2, 0) is 24.4 Å². The minimum Gasteiger partial charge on any atom is -0.386 e. The van der Waals surface area contributed by atoms with Crippen molar-refractivity contribution in [2.75, 3.05) is 19.7 Å². The van der Waals surface area contributed by atoms with Crippen LogP contribution in [0.3, 0.4) is 0 Å². The molecule has 1 atom stereocenters. The Morgan fingerprint density at radius 3 is 2.77 bits per heavy atom. The number of benzene rings is 1. The van der Waals surface area contributed by atoms with Gasteiger partial charge in [0.1, 0.15) is 6.10 Å². The lowest BCUT2D eigenvalue weighted by Crippen LogP contribution is -2.27. The Hall–Kier alpha value is -1.69. The molecule has 5 heteroatoms. The van der Waals surface area contributed by atoms with E-state index in [1.54, 1.807) is 0 Å². The van der Waals surface area contributed by atoms with Gasteiger partial charge in [0.05, 0.1) is 24.6 Å². The van der Waals surface area contributed by atoms with Crippen LogP contribution in [0.4, 0.5) is 0 Å². The first-order chi connectivity index (χ1) is 12.8. The highest BCUT2D eigenvalue weighted by Crippen LogP contribution is 2.37. The lowest BCUT2D eigenvalue weighted by atomic mass is 9.80. The van der Waals surface area contributed by atoms with Gasteiger partial charge in [0.15, 0.2) is 0 Å². The molecule has 1 unspecified atom stereocenters. The third-order valence-electron chi connectivity index (χ3n) is 5.67. The summed E-state index contributed by atoms with van der Waals surface area (Å²) in [5.74, 6) is 0.414. The van der Waals surface area contributed by atoms with Crippen molar-refractivity contribution in [2.45, 2.75) is 51.5 Å². The lowest BCUT2D eigenvalue weighted by Gasteiger charge is -2.29. The second-order valence-electron chi connectivity index (χ2n) is 7.59. The zero-order chi connectivity index (χ0) is 17.8. The third kappa shape index (κ3) is 4.17. The number of ether oxygens (including phenoxy) is 1. The Morgan fingerprint density at radius 1 is 1.15 bits per heavy atom. The van der Waals surface area contributed by atoms with Crippen molar-refractivity contribution in [3.05, 3.63) is 53.3 Å². The molecule has 1 aliphatic carbocycles. The van der Waals surface area contributed by atoms with Crippen LogP contribution in [0.2, 0.25) is 0 Å². The summed E-state index contributed by atoms with van der Waals surface area (Å²) in [6.45, 7) is 5.23. The van der Waals surface area contributed by atoms with Gasteiger partial charge in [-0.15, -0.1) is 0 Å². The Balaban J connectivity index is 1.29. The number of hydrogen-bond donors (Lipinski definition) is 1. The molecule has 1 N–H and O–H groups in total. The summed E-state index contributed by atoms with van der Waals surface area (Å²) >= 11 is 0. The summed E-state index contributed by atoms with van der Waals surface area (Å²) in [5, 5.41) is 15.2. The molecule has 2 aromatic rings. The van der Waals surface area contributed by atoms with Crippen molar-refractivity contribution >= 4 is 0 Å². The van der Waals surface area contributed by atoms with Crippen LogP contribution in [-0.4, -0.2) is 39.5 Å². The van der Waals surface area contributed by atoms with Gasteiger partial charge >= 0.3 is 0 Å². The topological polar surface area (TPSA) is 50.5 Å². The highest BCUT2D eigenvalue weighted by Gasteiger charge is 2.29. The largest absolute Gasteiger partial charge is 0.386 e. The van der Waals surface area contributed by atoms with Gasteiger partial charge in [-0.05, 0) is 36.8 Å². The maximum Gasteiger partial charge on any atom is 0.101 e. The van der Waals surface area contributed by atoms with Crippen LogP contribution in [0.5, 0.6) is 0 Å². The molecule has 0 spiro atoms. The van der Waals surface area contributed by atoms with Crippen molar-refractivity contribution in [2.24, 2.45) is 5.92 Å². The van der Waals surface area contributed by atoms with E-state index in [-0.39, 0.29) is 6.10 Å². The van der Waals surface area contributed by atoms with Crippen molar-refractivity contribution in [3.8, 4) is 0 Å². The van der Waals surface area contributed by atoms with Gasteiger partial charge in [0.2, 0.25) is 0 Å². The monoisotopic (exact) mass is 355 g/mol. The van der Waals surface area contributed by atoms with Crippen LogP contribution in [0.25, 0.3) is 0 Å². The molecule has 1 aliphatic heterocycles. The van der Waals surface area contributed by atoms with Gasteiger partial charge in [-0.25, -0.2) is 0 Å². The number of aliphatic hydroxyl groups is 1. The Bertz CT molecular complexity index is 697. The molecule has 1 fully saturated rings. The van der Waals surface area contributed by atoms with E-state index in [4.69, 9.17) is 9.84 Å². The second kappa shape index (κ2) is 8.33. The molecule has 140 valence electrons. The first kappa shape index (κ1) is 17.7. The van der Waals surface area contributed by atoms with Gasteiger partial charge in [0, 0.05) is 26.2 Å². The highest BCUT2D eigenvalue weighted by atomic mass is 16.5. The lowest BCUT2D eigenvalue weighted by molar-refractivity contribution is 0.0580. The van der Waals surface area contributed by atoms with Crippen molar-refractivity contribution in [1.82, 2.24) is 14.7 Å². The minimum absolute atomic E-state index is 0.383. The fourth-order valence-electron chi connectivity index (χ4n) is 3.84. The van der Waals surface area contributed by atoms with Crippen LogP contribution in [0.15, 0.2) is 36.4 Å². The second-order valence-corrected chi connectivity index (χ2v) is 7.59. The normalized spacial score (nSPS) is 19.6. The molecule has 5 nitrogen and oxygen atoms in total. The number of aryl methyl sites for hydroxylation is 1. The maximum atomic E-state index is 10.5. The maximum absolute atomic E-state index is 10.5. The molecule has 0 amide bonds. The number of rotatable bonds is 7. The Labute approximate surface area is 155 Å². The summed E-state index contributed by atoms with van der Waals surface area (Å²) in [6, 6.07) is 12.4. The quantitative estimate of drug-likeness (QED) is 0.775. The van der Waals surface area contributed by atoms with Gasteiger partial charge in [-0.2, -0.15) is 5.10 Å². The summed E-state index contributed by atoms with van der Waals surface area (Å²) < 4.78 is 7.94. The number of hydrogen-bond acceptors (Lipinski definition) is 4. The predicted octanol–water partition coefficient (Wildman–Crippen LogP) is 3.14. The Kier molecular flexibility index (Phi) is 5.68. The van der Waals surface area contributed by atoms with E-state index < -0.39 is 0 Å². The number of aromatic nitrogens is 2. The Morgan fingerprint density at radius 2 is 2.00 bits per heavy atom. The molecule has 1 saturated carbocycles. The zero-order valence-corrected chi connectivity index (χ0v) is 15.4. The highest BCUT2D eigenvalue weighted by molar-refractivity contribution is 5.15. The molecule has 0 bridgehead atoms. The number of aliphatic hydroxyl groups excluding tert-OH is 1. The molecule has 0 radical (unpaired) electrons. The number of nitrogens with zero attached hydrogens (tertiary/aromatic N) is 3. The van der Waals surface area contributed by atoms with E-state index in [1.807, 2.05) is 18.2 Å². The van der Waals surface area contributed by atoms with Gasteiger partial charge < -0.3 is 9.84 Å². The SMILES string of the molecule is OC(c1cc2n(n1)CCCN(CCOCc1ccccc1)C2)C1CCC1. The molecule has 2 aliphatic rings. The molecule has 0 saturated heterocycles. The standard InChI is InChI=1S/C21H29N3O2/c25-21(18-8-4-9-18)20-14-19-15-23(10-5-11-24(19)22-20)12-13-26-16-17-6-2-1-3-7-17/h1-3,6-7,14,18,21,25H,4-5,8-13,15-16H2. The van der Waals surface area contributed by atoms with Crippen molar-refractivity contribution in [1.29, 1.82) is 0 Å². The predicted molar refractivity (Wildman–Crippen MR) is 101 cm³/mol. The molecular weight excluding hydrogens is 326 g/mol. The molecular formula is C21H29N3O2. The molecule has 4 rings (SSSR count). The average Bonchev–Trinajstić information content (AvgIpc) is 2.91. The summed E-state index contributed by atoms with van der Waals surface area (Å²) in [6.07, 6.45) is 4.21. The van der Waals surface area contributed by atoms with E-state index in [1.165, 1.54) is 17.7 Å².